The number of alkyl halides is 5. The van der Waals surface area contributed by atoms with Crippen LogP contribution in [0.1, 0.15) is 27.4 Å². The fourth-order valence-electron chi connectivity index (χ4n) is 3.91. The summed E-state index contributed by atoms with van der Waals surface area (Å²) >= 11 is 24.7. The molecule has 4 rings (SSSR count). The van der Waals surface area contributed by atoms with E-state index in [4.69, 9.17) is 46.4 Å². The summed E-state index contributed by atoms with van der Waals surface area (Å²) < 4.78 is 52.9. The number of rotatable bonds is 7. The molecule has 0 saturated heterocycles. The fraction of sp³-hybridized carbons (Fsp3) is 0.200. The van der Waals surface area contributed by atoms with Gasteiger partial charge in [-0.2, -0.15) is 0 Å². The van der Waals surface area contributed by atoms with Gasteiger partial charge in [0, 0.05) is 23.6 Å². The van der Waals surface area contributed by atoms with E-state index in [2.05, 4.69) is 10.1 Å². The molecule has 3 aromatic carbocycles. The first-order chi connectivity index (χ1) is 17.3. The summed E-state index contributed by atoms with van der Waals surface area (Å²) in [7, 11) is 0. The Morgan fingerprint density at radius 2 is 1.62 bits per heavy atom. The third-order valence-electron chi connectivity index (χ3n) is 5.69. The minimum Gasteiger partial charge on any atom is -0.404 e. The molecule has 1 amide bonds. The van der Waals surface area contributed by atoms with Crippen LogP contribution in [0.5, 0.6) is 5.75 Å². The van der Waals surface area contributed by atoms with Crippen LogP contribution in [0.4, 0.5) is 23.2 Å². The van der Waals surface area contributed by atoms with Gasteiger partial charge >= 0.3 is 6.36 Å². The number of Topliss-reactive ketones (excluding diaryl/α,β-unsaturated/α-hetero) is 1. The number of hydrogen-bond acceptors (Lipinski definition) is 3. The van der Waals surface area contributed by atoms with Crippen molar-refractivity contribution in [2.24, 2.45) is 5.92 Å². The van der Waals surface area contributed by atoms with Crippen LogP contribution in [-0.4, -0.2) is 22.4 Å². The second-order valence-corrected chi connectivity index (χ2v) is 10.5. The minimum atomic E-state index is -4.92. The first-order valence-corrected chi connectivity index (χ1v) is 12.1. The van der Waals surface area contributed by atoms with Gasteiger partial charge in [0.15, 0.2) is 5.78 Å². The van der Waals surface area contributed by atoms with Gasteiger partial charge in [-0.05, 0) is 53.6 Å². The number of anilines is 1. The molecule has 0 spiro atoms. The lowest BCUT2D eigenvalue weighted by molar-refractivity contribution is -0.274. The molecule has 0 heterocycles. The van der Waals surface area contributed by atoms with Crippen molar-refractivity contribution in [1.29, 1.82) is 0 Å². The molecular formula is C25H15Cl4F4NO3. The van der Waals surface area contributed by atoms with Crippen molar-refractivity contribution in [1.82, 2.24) is 0 Å². The highest BCUT2D eigenvalue weighted by Crippen LogP contribution is 2.65. The Hall–Kier alpha value is -2.52. The van der Waals surface area contributed by atoms with Gasteiger partial charge < -0.3 is 10.1 Å². The molecule has 1 N–H and O–H groups in total. The Morgan fingerprint density at radius 3 is 2.24 bits per heavy atom. The smallest absolute Gasteiger partial charge is 0.404 e. The van der Waals surface area contributed by atoms with E-state index in [0.29, 0.717) is 11.1 Å². The molecule has 12 heteroatoms. The molecule has 1 saturated carbocycles. The van der Waals surface area contributed by atoms with Gasteiger partial charge in [-0.25, -0.2) is 4.39 Å². The minimum absolute atomic E-state index is 0.0383. The Morgan fingerprint density at radius 1 is 0.946 bits per heavy atom. The SMILES string of the molecule is O=C(Cc1ccc(F)cc1)c1cc(NC(=O)C2C(c3ccc(OC(F)(F)F)c(Cl)c3)C2(Cl)Cl)ccc1Cl. The molecule has 4 nitrogen and oxygen atoms in total. The number of nitrogens with one attached hydrogen (secondary N) is 1. The molecule has 1 aliphatic carbocycles. The highest BCUT2D eigenvalue weighted by atomic mass is 35.5. The number of halogens is 8. The number of ketones is 1. The van der Waals surface area contributed by atoms with Gasteiger partial charge in [0.2, 0.25) is 5.91 Å². The van der Waals surface area contributed by atoms with Crippen molar-refractivity contribution >= 4 is 63.8 Å². The Labute approximate surface area is 228 Å². The van der Waals surface area contributed by atoms with Crippen LogP contribution in [0.2, 0.25) is 10.0 Å². The first-order valence-electron chi connectivity index (χ1n) is 10.6. The van der Waals surface area contributed by atoms with E-state index in [1.165, 1.54) is 54.6 Å². The summed E-state index contributed by atoms with van der Waals surface area (Å²) in [6.45, 7) is 0. The van der Waals surface area contributed by atoms with Crippen LogP contribution in [0.3, 0.4) is 0 Å². The van der Waals surface area contributed by atoms with Crippen LogP contribution in [0.15, 0.2) is 60.7 Å². The monoisotopic (exact) mass is 593 g/mol. The van der Waals surface area contributed by atoms with E-state index in [0.717, 1.165) is 6.07 Å². The van der Waals surface area contributed by atoms with E-state index in [1.54, 1.807) is 0 Å². The highest BCUT2D eigenvalue weighted by Gasteiger charge is 2.67. The number of benzene rings is 3. The molecule has 0 aromatic heterocycles. The zero-order chi connectivity index (χ0) is 27.1. The van der Waals surface area contributed by atoms with Gasteiger partial charge in [-0.15, -0.1) is 36.4 Å². The summed E-state index contributed by atoms with van der Waals surface area (Å²) in [5, 5.41) is 2.47. The lowest BCUT2D eigenvalue weighted by Crippen LogP contribution is -2.18. The summed E-state index contributed by atoms with van der Waals surface area (Å²) in [6.07, 6.45) is -4.96. The van der Waals surface area contributed by atoms with E-state index in [9.17, 15) is 27.2 Å². The third-order valence-corrected chi connectivity index (χ3v) is 7.25. The molecule has 2 atom stereocenters. The lowest BCUT2D eigenvalue weighted by Gasteiger charge is -2.11. The van der Waals surface area contributed by atoms with Crippen molar-refractivity contribution in [2.75, 3.05) is 5.32 Å². The lowest BCUT2D eigenvalue weighted by atomic mass is 10.0. The van der Waals surface area contributed by atoms with E-state index in [1.807, 2.05) is 0 Å². The van der Waals surface area contributed by atoms with Crippen molar-refractivity contribution in [2.45, 2.75) is 23.0 Å². The molecule has 194 valence electrons. The molecule has 2 unspecified atom stereocenters. The normalized spacial score (nSPS) is 18.3. The molecule has 37 heavy (non-hydrogen) atoms. The maximum Gasteiger partial charge on any atom is 0.573 e. The molecule has 0 radical (unpaired) electrons. The number of hydrogen-bond donors (Lipinski definition) is 1. The van der Waals surface area contributed by atoms with Gasteiger partial charge in [-0.1, -0.05) is 41.4 Å². The molecule has 1 aliphatic rings. The van der Waals surface area contributed by atoms with Gasteiger partial charge in [-0.3, -0.25) is 9.59 Å². The van der Waals surface area contributed by atoms with Crippen LogP contribution in [0.25, 0.3) is 0 Å². The zero-order valence-corrected chi connectivity index (χ0v) is 21.4. The Balaban J connectivity index is 1.48. The summed E-state index contributed by atoms with van der Waals surface area (Å²) in [4.78, 5) is 25.7. The topological polar surface area (TPSA) is 55.4 Å². The van der Waals surface area contributed by atoms with E-state index in [-0.39, 0.29) is 33.5 Å². The second kappa shape index (κ2) is 10.3. The van der Waals surface area contributed by atoms with Gasteiger partial charge in [0.05, 0.1) is 16.0 Å². The summed E-state index contributed by atoms with van der Waals surface area (Å²) in [5.41, 5.74) is 1.32. The average molecular weight is 595 g/mol. The largest absolute Gasteiger partial charge is 0.573 e. The number of carbonyl (C=O) groups is 2. The third kappa shape index (κ3) is 6.32. The molecular weight excluding hydrogens is 580 g/mol. The second-order valence-electron chi connectivity index (χ2n) is 8.28. The van der Waals surface area contributed by atoms with E-state index >= 15 is 0 Å². The standard InChI is InChI=1S/C25H15Cl4F4NO3/c26-17-7-6-15(11-16(17)19(35)9-12-1-4-14(30)5-2-12)34-23(36)22-21(24(22,28)29)13-3-8-20(18(27)10-13)37-25(31,32)33/h1-8,10-11,21-22H,9H2,(H,34,36). The molecule has 1 fully saturated rings. The summed E-state index contributed by atoms with van der Waals surface area (Å²) in [5.74, 6) is -3.69. The van der Waals surface area contributed by atoms with Crippen LogP contribution >= 0.6 is 46.4 Å². The Kier molecular flexibility index (Phi) is 7.68. The predicted octanol–water partition coefficient (Wildman–Crippen LogP) is 7.98. The van der Waals surface area contributed by atoms with Crippen LogP contribution in [0, 0.1) is 11.7 Å². The fourth-order valence-corrected chi connectivity index (χ4v) is 5.18. The maximum absolute atomic E-state index is 13.1. The van der Waals surface area contributed by atoms with Crippen molar-refractivity contribution in [3.05, 3.63) is 93.2 Å². The number of amides is 1. The maximum atomic E-state index is 13.1. The Bertz CT molecular complexity index is 1360. The van der Waals surface area contributed by atoms with Crippen molar-refractivity contribution in [3.8, 4) is 5.75 Å². The number of carbonyl (C=O) groups excluding carboxylic acids is 2. The number of ether oxygens (including phenoxy) is 1. The highest BCUT2D eigenvalue weighted by molar-refractivity contribution is 6.53. The van der Waals surface area contributed by atoms with Crippen molar-refractivity contribution in [3.63, 3.8) is 0 Å². The zero-order valence-electron chi connectivity index (χ0n) is 18.4. The van der Waals surface area contributed by atoms with Gasteiger partial charge in [0.25, 0.3) is 0 Å². The average Bonchev–Trinajstić information content (AvgIpc) is 3.39. The quantitative estimate of drug-likeness (QED) is 0.171. The molecule has 0 aliphatic heterocycles. The predicted molar refractivity (Wildman–Crippen MR) is 133 cm³/mol. The van der Waals surface area contributed by atoms with Crippen LogP contribution < -0.4 is 10.1 Å². The molecule has 0 bridgehead atoms. The van der Waals surface area contributed by atoms with Gasteiger partial charge in [0.1, 0.15) is 15.9 Å². The van der Waals surface area contributed by atoms with Crippen LogP contribution in [-0.2, 0) is 11.2 Å². The summed E-state index contributed by atoms with van der Waals surface area (Å²) in [6, 6.07) is 13.3. The van der Waals surface area contributed by atoms with Crippen molar-refractivity contribution < 1.29 is 31.9 Å². The first kappa shape index (κ1) is 27.5. The molecule has 3 aromatic rings. The van der Waals surface area contributed by atoms with E-state index < -0.39 is 40.0 Å².